The lowest BCUT2D eigenvalue weighted by Gasteiger charge is -2.18. The number of rotatable bonds is 1. The van der Waals surface area contributed by atoms with Gasteiger partial charge >= 0.3 is 0 Å². The minimum Gasteiger partial charge on any atom is -0.379 e. The summed E-state index contributed by atoms with van der Waals surface area (Å²) in [6, 6.07) is 3.64. The average Bonchev–Trinajstić information content (AvgIpc) is 2.16. The standard InChI is InChI=1S/C10H12N2O2/c1-7-5-8-3-2-4-11-10(8)9(6-7)12(13)14/h5-6,11H,2-4H2,1H3. The van der Waals surface area contributed by atoms with E-state index in [0.717, 1.165) is 30.5 Å². The van der Waals surface area contributed by atoms with E-state index in [1.54, 1.807) is 6.07 Å². The third-order valence-electron chi connectivity index (χ3n) is 2.46. The first-order chi connectivity index (χ1) is 6.68. The fourth-order valence-corrected chi connectivity index (χ4v) is 1.88. The Hall–Kier alpha value is -1.58. The first-order valence-electron chi connectivity index (χ1n) is 4.70. The fraction of sp³-hybridized carbons (Fsp3) is 0.400. The third kappa shape index (κ3) is 1.43. The van der Waals surface area contributed by atoms with Crippen molar-refractivity contribution in [3.63, 3.8) is 0 Å². The Morgan fingerprint density at radius 2 is 2.29 bits per heavy atom. The summed E-state index contributed by atoms with van der Waals surface area (Å²) in [6.45, 7) is 2.72. The molecule has 0 spiro atoms. The highest BCUT2D eigenvalue weighted by Crippen LogP contribution is 2.32. The minimum absolute atomic E-state index is 0.208. The number of hydrogen-bond donors (Lipinski definition) is 1. The van der Waals surface area contributed by atoms with Crippen molar-refractivity contribution >= 4 is 11.4 Å². The summed E-state index contributed by atoms with van der Waals surface area (Å²) >= 11 is 0. The SMILES string of the molecule is Cc1cc2c(c([N+](=O)[O-])c1)NCCC2. The predicted octanol–water partition coefficient (Wildman–Crippen LogP) is 2.26. The second kappa shape index (κ2) is 3.29. The highest BCUT2D eigenvalue weighted by Gasteiger charge is 2.20. The topological polar surface area (TPSA) is 55.2 Å². The molecule has 2 rings (SSSR count). The first-order valence-corrected chi connectivity index (χ1v) is 4.70. The molecule has 1 aromatic carbocycles. The summed E-state index contributed by atoms with van der Waals surface area (Å²) in [5.74, 6) is 0. The molecule has 1 aliphatic heterocycles. The van der Waals surface area contributed by atoms with Crippen molar-refractivity contribution in [3.05, 3.63) is 33.4 Å². The molecule has 1 aliphatic rings. The molecule has 1 aromatic rings. The molecule has 4 nitrogen and oxygen atoms in total. The van der Waals surface area contributed by atoms with Gasteiger partial charge in [0.2, 0.25) is 0 Å². The number of benzene rings is 1. The van der Waals surface area contributed by atoms with Crippen molar-refractivity contribution in [1.82, 2.24) is 0 Å². The number of fused-ring (bicyclic) bond motifs is 1. The number of anilines is 1. The van der Waals surface area contributed by atoms with Crippen LogP contribution < -0.4 is 5.32 Å². The highest BCUT2D eigenvalue weighted by atomic mass is 16.6. The lowest BCUT2D eigenvalue weighted by molar-refractivity contribution is -0.384. The van der Waals surface area contributed by atoms with Crippen molar-refractivity contribution in [3.8, 4) is 0 Å². The van der Waals surface area contributed by atoms with Gasteiger partial charge in [0.1, 0.15) is 5.69 Å². The molecule has 14 heavy (non-hydrogen) atoms. The van der Waals surface area contributed by atoms with Gasteiger partial charge in [-0.25, -0.2) is 0 Å². The summed E-state index contributed by atoms with van der Waals surface area (Å²) < 4.78 is 0. The maximum absolute atomic E-state index is 10.8. The molecule has 0 radical (unpaired) electrons. The molecular weight excluding hydrogens is 180 g/mol. The fourth-order valence-electron chi connectivity index (χ4n) is 1.88. The minimum atomic E-state index is -0.315. The molecule has 0 saturated heterocycles. The van der Waals surface area contributed by atoms with E-state index in [-0.39, 0.29) is 10.6 Å². The summed E-state index contributed by atoms with van der Waals surface area (Å²) in [7, 11) is 0. The van der Waals surface area contributed by atoms with E-state index >= 15 is 0 Å². The average molecular weight is 192 g/mol. The normalized spacial score (nSPS) is 14.4. The number of nitro groups is 1. The summed E-state index contributed by atoms with van der Waals surface area (Å²) in [5.41, 5.74) is 2.95. The second-order valence-electron chi connectivity index (χ2n) is 3.61. The molecule has 74 valence electrons. The van der Waals surface area contributed by atoms with Gasteiger partial charge in [0, 0.05) is 12.6 Å². The van der Waals surface area contributed by atoms with Gasteiger partial charge in [-0.1, -0.05) is 6.07 Å². The van der Waals surface area contributed by atoms with E-state index in [1.807, 2.05) is 13.0 Å². The van der Waals surface area contributed by atoms with Gasteiger partial charge in [-0.2, -0.15) is 0 Å². The number of nitrogens with zero attached hydrogens (tertiary/aromatic N) is 1. The maximum Gasteiger partial charge on any atom is 0.292 e. The van der Waals surface area contributed by atoms with Gasteiger partial charge in [-0.15, -0.1) is 0 Å². The molecule has 0 unspecified atom stereocenters. The number of aryl methyl sites for hydroxylation is 2. The third-order valence-corrected chi connectivity index (χ3v) is 2.46. The van der Waals surface area contributed by atoms with Crippen molar-refractivity contribution < 1.29 is 4.92 Å². The maximum atomic E-state index is 10.8. The van der Waals surface area contributed by atoms with Crippen LogP contribution in [0, 0.1) is 17.0 Å². The molecule has 0 amide bonds. The van der Waals surface area contributed by atoms with Crippen LogP contribution in [-0.4, -0.2) is 11.5 Å². The predicted molar refractivity (Wildman–Crippen MR) is 54.6 cm³/mol. The first kappa shape index (κ1) is 8.99. The summed E-state index contributed by atoms with van der Waals surface area (Å²) in [6.07, 6.45) is 1.98. The van der Waals surface area contributed by atoms with Crippen LogP contribution in [0.3, 0.4) is 0 Å². The van der Waals surface area contributed by atoms with Gasteiger partial charge in [0.25, 0.3) is 5.69 Å². The molecule has 4 heteroatoms. The molecule has 0 bridgehead atoms. The zero-order valence-corrected chi connectivity index (χ0v) is 8.04. The molecule has 0 fully saturated rings. The largest absolute Gasteiger partial charge is 0.379 e. The van der Waals surface area contributed by atoms with Crippen LogP contribution in [-0.2, 0) is 6.42 Å². The Balaban J connectivity index is 2.58. The van der Waals surface area contributed by atoms with E-state index in [9.17, 15) is 10.1 Å². The monoisotopic (exact) mass is 192 g/mol. The quantitative estimate of drug-likeness (QED) is 0.548. The van der Waals surface area contributed by atoms with Gasteiger partial charge in [0.15, 0.2) is 0 Å². The van der Waals surface area contributed by atoms with Gasteiger partial charge in [-0.3, -0.25) is 10.1 Å². The zero-order chi connectivity index (χ0) is 10.1. The summed E-state index contributed by atoms with van der Waals surface area (Å²) in [5, 5.41) is 13.9. The Morgan fingerprint density at radius 3 is 3.00 bits per heavy atom. The van der Waals surface area contributed by atoms with Gasteiger partial charge < -0.3 is 5.32 Å². The lowest BCUT2D eigenvalue weighted by Crippen LogP contribution is -2.13. The Kier molecular flexibility index (Phi) is 2.11. The van der Waals surface area contributed by atoms with Crippen LogP contribution in [0.25, 0.3) is 0 Å². The van der Waals surface area contributed by atoms with E-state index in [2.05, 4.69) is 5.32 Å². The van der Waals surface area contributed by atoms with E-state index < -0.39 is 0 Å². The summed E-state index contributed by atoms with van der Waals surface area (Å²) in [4.78, 5) is 10.5. The second-order valence-corrected chi connectivity index (χ2v) is 3.61. The van der Waals surface area contributed by atoms with Crippen LogP contribution in [0.5, 0.6) is 0 Å². The molecular formula is C10H12N2O2. The Bertz CT molecular complexity index is 388. The van der Waals surface area contributed by atoms with E-state index in [1.165, 1.54) is 0 Å². The number of hydrogen-bond acceptors (Lipinski definition) is 3. The molecule has 0 aromatic heterocycles. The van der Waals surface area contributed by atoms with Crippen molar-refractivity contribution in [2.75, 3.05) is 11.9 Å². The Morgan fingerprint density at radius 1 is 1.50 bits per heavy atom. The molecule has 0 atom stereocenters. The van der Waals surface area contributed by atoms with Crippen LogP contribution in [0.4, 0.5) is 11.4 Å². The van der Waals surface area contributed by atoms with Gasteiger partial charge in [-0.05, 0) is 30.9 Å². The Labute approximate surface area is 82.1 Å². The van der Waals surface area contributed by atoms with E-state index in [0.29, 0.717) is 5.69 Å². The molecule has 0 aliphatic carbocycles. The smallest absolute Gasteiger partial charge is 0.292 e. The van der Waals surface area contributed by atoms with Crippen LogP contribution in [0.1, 0.15) is 17.5 Å². The molecule has 0 saturated carbocycles. The van der Waals surface area contributed by atoms with Crippen LogP contribution >= 0.6 is 0 Å². The van der Waals surface area contributed by atoms with Crippen LogP contribution in [0.15, 0.2) is 12.1 Å². The zero-order valence-electron chi connectivity index (χ0n) is 8.04. The van der Waals surface area contributed by atoms with Gasteiger partial charge in [0.05, 0.1) is 4.92 Å². The van der Waals surface area contributed by atoms with Crippen molar-refractivity contribution in [1.29, 1.82) is 0 Å². The van der Waals surface area contributed by atoms with Crippen LogP contribution in [0.2, 0.25) is 0 Å². The highest BCUT2D eigenvalue weighted by molar-refractivity contribution is 5.68. The van der Waals surface area contributed by atoms with Crippen molar-refractivity contribution in [2.24, 2.45) is 0 Å². The molecule has 1 N–H and O–H groups in total. The van der Waals surface area contributed by atoms with Crippen molar-refractivity contribution in [2.45, 2.75) is 19.8 Å². The molecule has 1 heterocycles. The number of nitro benzene ring substituents is 1. The number of nitrogens with one attached hydrogen (secondary N) is 1. The lowest BCUT2D eigenvalue weighted by atomic mass is 10.00. The van der Waals surface area contributed by atoms with E-state index in [4.69, 9.17) is 0 Å².